The monoisotopic (exact) mass is 249 g/mol. The topological polar surface area (TPSA) is 32.7 Å². The van der Waals surface area contributed by atoms with Crippen molar-refractivity contribution in [3.8, 4) is 5.75 Å². The molecule has 0 aromatic heterocycles. The number of rotatable bonds is 3. The molecule has 0 aliphatic carbocycles. The maximum Gasteiger partial charge on any atom is 0.126 e. The number of nitrogens with zero attached hydrogens (tertiary/aromatic N) is 1. The number of benzene rings is 1. The molecule has 1 aliphatic rings. The van der Waals surface area contributed by atoms with E-state index in [0.717, 1.165) is 30.1 Å². The van der Waals surface area contributed by atoms with Gasteiger partial charge >= 0.3 is 0 Å². The van der Waals surface area contributed by atoms with Gasteiger partial charge in [-0.3, -0.25) is 0 Å². The van der Waals surface area contributed by atoms with Gasteiger partial charge in [0.25, 0.3) is 0 Å². The fraction of sp³-hybridized carbons (Fsp3) is 0.600. The average molecular weight is 249 g/mol. The Bertz CT molecular complexity index is 427. The van der Waals surface area contributed by atoms with Gasteiger partial charge in [0, 0.05) is 24.3 Å². The second-order valence-electron chi connectivity index (χ2n) is 5.90. The van der Waals surface area contributed by atoms with E-state index in [0.29, 0.717) is 5.41 Å². The van der Waals surface area contributed by atoms with Crippen LogP contribution in [0.25, 0.3) is 0 Å². The van der Waals surface area contributed by atoms with Crippen molar-refractivity contribution < 1.29 is 9.84 Å². The molecule has 1 aliphatic heterocycles. The molecule has 1 fully saturated rings. The van der Waals surface area contributed by atoms with E-state index in [2.05, 4.69) is 24.8 Å². The Morgan fingerprint density at radius 3 is 2.61 bits per heavy atom. The van der Waals surface area contributed by atoms with E-state index in [1.807, 2.05) is 12.1 Å². The Morgan fingerprint density at radius 1 is 1.39 bits per heavy atom. The highest BCUT2D eigenvalue weighted by molar-refractivity contribution is 5.61. The highest BCUT2D eigenvalue weighted by Gasteiger charge is 2.31. The van der Waals surface area contributed by atoms with E-state index in [-0.39, 0.29) is 0 Å². The number of hydrogen-bond acceptors (Lipinski definition) is 3. The summed E-state index contributed by atoms with van der Waals surface area (Å²) in [5.74, 6) is 0.771. The van der Waals surface area contributed by atoms with Crippen LogP contribution in [0.2, 0.25) is 0 Å². The molecule has 100 valence electrons. The van der Waals surface area contributed by atoms with Crippen molar-refractivity contribution in [2.24, 2.45) is 5.41 Å². The molecule has 2 rings (SSSR count). The molecule has 1 unspecified atom stereocenters. The van der Waals surface area contributed by atoms with Crippen LogP contribution in [0.5, 0.6) is 5.75 Å². The summed E-state index contributed by atoms with van der Waals surface area (Å²) in [6.07, 6.45) is 0.670. The molecular weight excluding hydrogens is 226 g/mol. The molecule has 1 atom stereocenters. The minimum atomic E-state index is -0.514. The Hall–Kier alpha value is -1.22. The molecule has 3 nitrogen and oxygen atoms in total. The summed E-state index contributed by atoms with van der Waals surface area (Å²) in [5, 5.41) is 10.0. The van der Waals surface area contributed by atoms with Crippen LogP contribution in [0.3, 0.4) is 0 Å². The van der Waals surface area contributed by atoms with Gasteiger partial charge in [0.15, 0.2) is 0 Å². The molecule has 1 heterocycles. The van der Waals surface area contributed by atoms with E-state index in [1.165, 1.54) is 6.42 Å². The molecule has 1 aromatic rings. The molecule has 3 heteroatoms. The zero-order valence-corrected chi connectivity index (χ0v) is 11.7. The maximum absolute atomic E-state index is 10.0. The van der Waals surface area contributed by atoms with E-state index < -0.39 is 6.10 Å². The third-order valence-corrected chi connectivity index (χ3v) is 3.70. The average Bonchev–Trinajstić information content (AvgIpc) is 2.68. The lowest BCUT2D eigenvalue weighted by atomic mass is 9.93. The summed E-state index contributed by atoms with van der Waals surface area (Å²) in [6, 6.07) is 5.98. The maximum atomic E-state index is 10.0. The smallest absolute Gasteiger partial charge is 0.126 e. The minimum Gasteiger partial charge on any atom is -0.496 e. The Kier molecular flexibility index (Phi) is 3.53. The van der Waals surface area contributed by atoms with Gasteiger partial charge in [-0.2, -0.15) is 0 Å². The summed E-state index contributed by atoms with van der Waals surface area (Å²) in [4.78, 5) is 2.35. The summed E-state index contributed by atoms with van der Waals surface area (Å²) < 4.78 is 5.37. The van der Waals surface area contributed by atoms with Gasteiger partial charge in [0.05, 0.1) is 13.2 Å². The third-order valence-electron chi connectivity index (χ3n) is 3.70. The molecule has 1 aromatic carbocycles. The largest absolute Gasteiger partial charge is 0.496 e. The first-order chi connectivity index (χ1) is 8.44. The molecule has 1 saturated heterocycles. The van der Waals surface area contributed by atoms with Gasteiger partial charge in [0.2, 0.25) is 0 Å². The van der Waals surface area contributed by atoms with Crippen molar-refractivity contribution in [1.82, 2.24) is 0 Å². The molecule has 0 saturated carbocycles. The molecule has 0 spiro atoms. The summed E-state index contributed by atoms with van der Waals surface area (Å²) in [5.41, 5.74) is 2.35. The number of aliphatic hydroxyl groups excluding tert-OH is 1. The van der Waals surface area contributed by atoms with Gasteiger partial charge in [0.1, 0.15) is 5.75 Å². The Morgan fingerprint density at radius 2 is 2.11 bits per heavy atom. The number of methoxy groups -OCH3 is 1. The van der Waals surface area contributed by atoms with Crippen molar-refractivity contribution in [3.63, 3.8) is 0 Å². The first kappa shape index (κ1) is 13.2. The zero-order valence-electron chi connectivity index (χ0n) is 11.7. The normalized spacial score (nSPS) is 19.9. The van der Waals surface area contributed by atoms with E-state index in [1.54, 1.807) is 14.0 Å². The quantitative estimate of drug-likeness (QED) is 0.894. The van der Waals surface area contributed by atoms with Crippen molar-refractivity contribution >= 4 is 5.69 Å². The van der Waals surface area contributed by atoms with Crippen LogP contribution in [0.4, 0.5) is 5.69 Å². The lowest BCUT2D eigenvalue weighted by Crippen LogP contribution is -2.24. The van der Waals surface area contributed by atoms with Crippen molar-refractivity contribution in [2.45, 2.75) is 33.3 Å². The van der Waals surface area contributed by atoms with E-state index in [9.17, 15) is 5.11 Å². The third kappa shape index (κ3) is 2.46. The number of anilines is 1. The van der Waals surface area contributed by atoms with Crippen LogP contribution in [-0.4, -0.2) is 25.3 Å². The molecule has 0 amide bonds. The Balaban J connectivity index is 2.39. The lowest BCUT2D eigenvalue weighted by molar-refractivity contribution is 0.194. The van der Waals surface area contributed by atoms with Crippen molar-refractivity contribution in [2.75, 3.05) is 25.1 Å². The van der Waals surface area contributed by atoms with Crippen LogP contribution < -0.4 is 9.64 Å². The molecule has 18 heavy (non-hydrogen) atoms. The highest BCUT2D eigenvalue weighted by atomic mass is 16.5. The lowest BCUT2D eigenvalue weighted by Gasteiger charge is -2.26. The summed E-state index contributed by atoms with van der Waals surface area (Å²) >= 11 is 0. The second kappa shape index (κ2) is 4.81. The van der Waals surface area contributed by atoms with Gasteiger partial charge in [-0.15, -0.1) is 0 Å². The van der Waals surface area contributed by atoms with Crippen LogP contribution in [0.15, 0.2) is 18.2 Å². The molecule has 0 radical (unpaired) electrons. The van der Waals surface area contributed by atoms with E-state index >= 15 is 0 Å². The van der Waals surface area contributed by atoms with Crippen LogP contribution >= 0.6 is 0 Å². The van der Waals surface area contributed by atoms with E-state index in [4.69, 9.17) is 4.74 Å². The molecule has 0 bridgehead atoms. The predicted octanol–water partition coefficient (Wildman–Crippen LogP) is 2.98. The van der Waals surface area contributed by atoms with Crippen LogP contribution in [-0.2, 0) is 0 Å². The summed E-state index contributed by atoms with van der Waals surface area (Å²) in [6.45, 7) is 8.44. The first-order valence-corrected chi connectivity index (χ1v) is 6.54. The standard InChI is InChI=1S/C15H23NO2/c1-11(17)14-12(6-5-7-13(14)18-4)16-9-8-15(2,3)10-16/h5-7,11,17H,8-10H2,1-4H3. The number of aliphatic hydroxyl groups is 1. The number of ether oxygens (including phenoxy) is 1. The second-order valence-corrected chi connectivity index (χ2v) is 5.90. The fourth-order valence-corrected chi connectivity index (χ4v) is 2.72. The van der Waals surface area contributed by atoms with Gasteiger partial charge < -0.3 is 14.7 Å². The van der Waals surface area contributed by atoms with Crippen LogP contribution in [0.1, 0.15) is 38.9 Å². The predicted molar refractivity (Wildman–Crippen MR) is 74.2 cm³/mol. The van der Waals surface area contributed by atoms with Gasteiger partial charge in [-0.05, 0) is 30.9 Å². The zero-order chi connectivity index (χ0) is 13.3. The van der Waals surface area contributed by atoms with Crippen LogP contribution in [0, 0.1) is 5.41 Å². The minimum absolute atomic E-state index is 0.346. The highest BCUT2D eigenvalue weighted by Crippen LogP contribution is 2.39. The van der Waals surface area contributed by atoms with Gasteiger partial charge in [-0.25, -0.2) is 0 Å². The fourth-order valence-electron chi connectivity index (χ4n) is 2.72. The van der Waals surface area contributed by atoms with Crippen molar-refractivity contribution in [1.29, 1.82) is 0 Å². The molecule has 1 N–H and O–H groups in total. The number of hydrogen-bond donors (Lipinski definition) is 1. The SMILES string of the molecule is COc1cccc(N2CCC(C)(C)C2)c1C(C)O. The van der Waals surface area contributed by atoms with Gasteiger partial charge in [-0.1, -0.05) is 19.9 Å². The van der Waals surface area contributed by atoms with Crippen molar-refractivity contribution in [3.05, 3.63) is 23.8 Å². The summed E-state index contributed by atoms with van der Waals surface area (Å²) in [7, 11) is 1.65. The molecular formula is C15H23NO2. The Labute approximate surface area is 109 Å². The first-order valence-electron chi connectivity index (χ1n) is 6.54.